The minimum atomic E-state index is -0.867. The zero-order valence-corrected chi connectivity index (χ0v) is 10.6. The Morgan fingerprint density at radius 1 is 1.39 bits per heavy atom. The zero-order chi connectivity index (χ0) is 13.7. The third-order valence-corrected chi connectivity index (χ3v) is 2.75. The van der Waals surface area contributed by atoms with Crippen molar-refractivity contribution in [2.75, 3.05) is 6.54 Å². The molecule has 100 valence electrons. The van der Waals surface area contributed by atoms with Crippen molar-refractivity contribution in [3.8, 4) is 0 Å². The molecule has 0 radical (unpaired) electrons. The summed E-state index contributed by atoms with van der Waals surface area (Å²) in [5.74, 6) is -0.629. The molecule has 0 bridgehead atoms. The molecule has 4 N–H and O–H groups in total. The predicted octanol–water partition coefficient (Wildman–Crippen LogP) is 0.959. The van der Waals surface area contributed by atoms with E-state index < -0.39 is 12.1 Å². The lowest BCUT2D eigenvalue weighted by atomic mass is 10.0. The average Bonchev–Trinajstić information content (AvgIpc) is 2.35. The van der Waals surface area contributed by atoms with Crippen molar-refractivity contribution < 1.29 is 14.3 Å². The van der Waals surface area contributed by atoms with Crippen LogP contribution in [-0.4, -0.2) is 23.6 Å². The molecule has 0 fully saturated rings. The lowest BCUT2D eigenvalue weighted by molar-refractivity contribution is -0.123. The highest BCUT2D eigenvalue weighted by atomic mass is 19.1. The van der Waals surface area contributed by atoms with Gasteiger partial charge in [-0.1, -0.05) is 26.0 Å². The van der Waals surface area contributed by atoms with Crippen LogP contribution in [0.25, 0.3) is 0 Å². The molecule has 2 atom stereocenters. The normalized spacial score (nSPS) is 14.3. The third kappa shape index (κ3) is 4.09. The number of amides is 1. The molecule has 4 nitrogen and oxygen atoms in total. The van der Waals surface area contributed by atoms with Crippen LogP contribution in [0.3, 0.4) is 0 Å². The first-order valence-corrected chi connectivity index (χ1v) is 5.88. The van der Waals surface area contributed by atoms with Gasteiger partial charge >= 0.3 is 0 Å². The van der Waals surface area contributed by atoms with Crippen LogP contribution < -0.4 is 11.1 Å². The van der Waals surface area contributed by atoms with Gasteiger partial charge in [-0.15, -0.1) is 0 Å². The quantitative estimate of drug-likeness (QED) is 0.732. The first-order valence-electron chi connectivity index (χ1n) is 5.88. The highest BCUT2D eigenvalue weighted by molar-refractivity contribution is 5.81. The summed E-state index contributed by atoms with van der Waals surface area (Å²) in [5.41, 5.74) is 6.21. The molecule has 0 aliphatic carbocycles. The van der Waals surface area contributed by atoms with Gasteiger partial charge in [0.05, 0.1) is 12.1 Å². The molecule has 1 rings (SSSR count). The number of carbonyl (C=O) groups excluding carboxylic acids is 1. The fourth-order valence-corrected chi connectivity index (χ4v) is 1.42. The molecule has 0 saturated heterocycles. The van der Waals surface area contributed by atoms with Crippen LogP contribution in [0.5, 0.6) is 0 Å². The Hall–Kier alpha value is -1.46. The number of carbonyl (C=O) groups is 1. The topological polar surface area (TPSA) is 75.4 Å². The van der Waals surface area contributed by atoms with E-state index in [9.17, 15) is 14.3 Å². The lowest BCUT2D eigenvalue weighted by Crippen LogP contribution is -2.45. The number of benzene rings is 1. The number of aliphatic hydroxyl groups excluding tert-OH is 1. The molecule has 1 unspecified atom stereocenters. The molecule has 0 saturated carbocycles. The summed E-state index contributed by atoms with van der Waals surface area (Å²) < 4.78 is 12.7. The summed E-state index contributed by atoms with van der Waals surface area (Å²) in [6.07, 6.45) is -0.867. The Labute approximate surface area is 106 Å². The Kier molecular flexibility index (Phi) is 5.25. The van der Waals surface area contributed by atoms with Crippen molar-refractivity contribution >= 4 is 5.91 Å². The summed E-state index contributed by atoms with van der Waals surface area (Å²) in [6.45, 7) is 3.76. The molecule has 0 aromatic heterocycles. The molecule has 1 aromatic rings. The predicted molar refractivity (Wildman–Crippen MR) is 67.2 cm³/mol. The number of hydrogen-bond acceptors (Lipinski definition) is 3. The smallest absolute Gasteiger partial charge is 0.237 e. The summed E-state index contributed by atoms with van der Waals surface area (Å²) >= 11 is 0. The molecule has 1 amide bonds. The van der Waals surface area contributed by atoms with Crippen molar-refractivity contribution in [3.05, 3.63) is 35.6 Å². The SMILES string of the molecule is CC(C)[C@H](N)C(=O)NCC(O)c1ccc(F)cc1. The lowest BCUT2D eigenvalue weighted by Gasteiger charge is -2.17. The molecule has 0 aliphatic rings. The maximum atomic E-state index is 12.7. The Balaban J connectivity index is 2.48. The van der Waals surface area contributed by atoms with Crippen LogP contribution in [0.15, 0.2) is 24.3 Å². The van der Waals surface area contributed by atoms with E-state index in [1.165, 1.54) is 24.3 Å². The third-order valence-electron chi connectivity index (χ3n) is 2.75. The maximum Gasteiger partial charge on any atom is 0.237 e. The fourth-order valence-electron chi connectivity index (χ4n) is 1.42. The number of nitrogens with two attached hydrogens (primary N) is 1. The van der Waals surface area contributed by atoms with Gasteiger partial charge in [0.15, 0.2) is 0 Å². The van der Waals surface area contributed by atoms with Crippen LogP contribution in [0.1, 0.15) is 25.5 Å². The molecular formula is C13H19FN2O2. The van der Waals surface area contributed by atoms with Crippen molar-refractivity contribution in [1.29, 1.82) is 0 Å². The van der Waals surface area contributed by atoms with Crippen molar-refractivity contribution in [2.45, 2.75) is 26.0 Å². The molecule has 0 aliphatic heterocycles. The van der Waals surface area contributed by atoms with Crippen LogP contribution in [0, 0.1) is 11.7 Å². The fraction of sp³-hybridized carbons (Fsp3) is 0.462. The number of halogens is 1. The van der Waals surface area contributed by atoms with Crippen molar-refractivity contribution in [1.82, 2.24) is 5.32 Å². The molecule has 18 heavy (non-hydrogen) atoms. The van der Waals surface area contributed by atoms with E-state index in [4.69, 9.17) is 5.73 Å². The van der Waals surface area contributed by atoms with Crippen LogP contribution in [0.2, 0.25) is 0 Å². The van der Waals surface area contributed by atoms with Gasteiger partial charge in [0.1, 0.15) is 5.82 Å². The minimum absolute atomic E-state index is 0.0352. The second kappa shape index (κ2) is 6.47. The van der Waals surface area contributed by atoms with E-state index in [0.717, 1.165) is 0 Å². The Morgan fingerprint density at radius 2 is 1.94 bits per heavy atom. The van der Waals surface area contributed by atoms with E-state index in [2.05, 4.69) is 5.32 Å². The largest absolute Gasteiger partial charge is 0.387 e. The summed E-state index contributed by atoms with van der Waals surface area (Å²) in [7, 11) is 0. The number of aliphatic hydroxyl groups is 1. The van der Waals surface area contributed by atoms with Gasteiger partial charge in [-0.25, -0.2) is 4.39 Å². The summed E-state index contributed by atoms with van der Waals surface area (Å²) in [6, 6.07) is 4.90. The number of hydrogen-bond donors (Lipinski definition) is 3. The van der Waals surface area contributed by atoms with Crippen molar-refractivity contribution in [2.24, 2.45) is 11.7 Å². The van der Waals surface area contributed by atoms with Crippen LogP contribution in [0.4, 0.5) is 4.39 Å². The molecular weight excluding hydrogens is 235 g/mol. The van der Waals surface area contributed by atoms with Gasteiger partial charge in [-0.05, 0) is 23.6 Å². The monoisotopic (exact) mass is 254 g/mol. The molecule has 0 heterocycles. The second-order valence-electron chi connectivity index (χ2n) is 4.58. The van der Waals surface area contributed by atoms with Gasteiger partial charge in [-0.3, -0.25) is 4.79 Å². The molecule has 1 aromatic carbocycles. The van der Waals surface area contributed by atoms with Gasteiger partial charge in [0.25, 0.3) is 0 Å². The van der Waals surface area contributed by atoms with E-state index in [1.54, 1.807) is 0 Å². The highest BCUT2D eigenvalue weighted by Gasteiger charge is 2.18. The van der Waals surface area contributed by atoms with E-state index in [-0.39, 0.29) is 24.2 Å². The van der Waals surface area contributed by atoms with Gasteiger partial charge in [0, 0.05) is 6.54 Å². The number of rotatable bonds is 5. The Morgan fingerprint density at radius 3 is 2.44 bits per heavy atom. The van der Waals surface area contributed by atoms with Crippen LogP contribution >= 0.6 is 0 Å². The summed E-state index contributed by atoms with van der Waals surface area (Å²) in [5, 5.41) is 12.4. The highest BCUT2D eigenvalue weighted by Crippen LogP contribution is 2.12. The molecule has 5 heteroatoms. The van der Waals surface area contributed by atoms with E-state index >= 15 is 0 Å². The standard InChI is InChI=1S/C13H19FN2O2/c1-8(2)12(15)13(18)16-7-11(17)9-3-5-10(14)6-4-9/h3-6,8,11-12,17H,7,15H2,1-2H3,(H,16,18)/t11?,12-/m0/s1. The van der Waals surface area contributed by atoms with Crippen molar-refractivity contribution in [3.63, 3.8) is 0 Å². The van der Waals surface area contributed by atoms with Crippen LogP contribution in [-0.2, 0) is 4.79 Å². The average molecular weight is 254 g/mol. The minimum Gasteiger partial charge on any atom is -0.387 e. The zero-order valence-electron chi connectivity index (χ0n) is 10.6. The van der Waals surface area contributed by atoms with E-state index in [1.807, 2.05) is 13.8 Å². The first-order chi connectivity index (χ1) is 8.41. The van der Waals surface area contributed by atoms with E-state index in [0.29, 0.717) is 5.56 Å². The maximum absolute atomic E-state index is 12.7. The first kappa shape index (κ1) is 14.6. The summed E-state index contributed by atoms with van der Waals surface area (Å²) in [4.78, 5) is 11.6. The Bertz CT molecular complexity index is 392. The molecule has 0 spiro atoms. The number of nitrogens with one attached hydrogen (secondary N) is 1. The van der Waals surface area contributed by atoms with Gasteiger partial charge in [0.2, 0.25) is 5.91 Å². The van der Waals surface area contributed by atoms with Gasteiger partial charge in [-0.2, -0.15) is 0 Å². The second-order valence-corrected chi connectivity index (χ2v) is 4.58. The van der Waals surface area contributed by atoms with Gasteiger partial charge < -0.3 is 16.2 Å².